The van der Waals surface area contributed by atoms with Crippen molar-refractivity contribution >= 4 is 77.5 Å². The van der Waals surface area contributed by atoms with E-state index >= 15 is 0 Å². The minimum atomic E-state index is 0.889. The third-order valence-corrected chi connectivity index (χ3v) is 6.97. The van der Waals surface area contributed by atoms with Crippen LogP contribution < -0.4 is 0 Å². The second kappa shape index (κ2) is 4.18. The lowest BCUT2D eigenvalue weighted by Gasteiger charge is -1.99. The van der Waals surface area contributed by atoms with Crippen molar-refractivity contribution < 1.29 is 0 Å². The molecule has 0 N–H and O–H groups in total. The van der Waals surface area contributed by atoms with E-state index < -0.39 is 0 Å². The fourth-order valence-corrected chi connectivity index (χ4v) is 5.90. The summed E-state index contributed by atoms with van der Waals surface area (Å²) in [7, 11) is 0. The summed E-state index contributed by atoms with van der Waals surface area (Å²) in [4.78, 5) is 0. The molecule has 0 aliphatic heterocycles. The van der Waals surface area contributed by atoms with Crippen LogP contribution in [0.15, 0.2) is 72.8 Å². The first-order valence-corrected chi connectivity index (χ1v) is 9.93. The Morgan fingerprint density at radius 1 is 0.429 bits per heavy atom. The smallest absolute Gasteiger partial charge is 0.120 e. The lowest BCUT2D eigenvalue weighted by atomic mass is 10.1. The number of nitrogens with zero attached hydrogens (tertiary/aromatic N) is 2. The van der Waals surface area contributed by atoms with Gasteiger partial charge in [0.05, 0.1) is 27.6 Å². The second-order valence-corrected chi connectivity index (χ2v) is 8.14. The van der Waals surface area contributed by atoms with Crippen molar-refractivity contribution in [1.29, 1.82) is 0 Å². The molecule has 8 rings (SSSR count). The molecule has 0 spiro atoms. The quantitative estimate of drug-likeness (QED) is 0.260. The molecular weight excluding hydrogens is 360 g/mol. The molecule has 4 heterocycles. The molecule has 2 nitrogen and oxygen atoms in total. The first kappa shape index (κ1) is 13.7. The highest BCUT2D eigenvalue weighted by atomic mass is 32.1. The highest BCUT2D eigenvalue weighted by molar-refractivity contribution is 7.71. The molecule has 0 atom stereocenters. The summed E-state index contributed by atoms with van der Waals surface area (Å²) in [5.41, 5.74) is 6.26. The Balaban J connectivity index is 1.99. The summed E-state index contributed by atoms with van der Waals surface area (Å²) in [6, 6.07) is 26.4. The van der Waals surface area contributed by atoms with Crippen LogP contribution in [0, 0.1) is 4.64 Å². The van der Waals surface area contributed by atoms with E-state index in [9.17, 15) is 0 Å². The Labute approximate surface area is 163 Å². The molecule has 0 radical (unpaired) electrons. The Bertz CT molecular complexity index is 1940. The van der Waals surface area contributed by atoms with E-state index in [0.717, 1.165) is 10.0 Å². The SMILES string of the molecule is S=c1c2cccc3c4cccc5c6ccc7c8ccccc8n1c7c6n(c23)c45. The first-order chi connectivity index (χ1) is 13.8. The fraction of sp³-hybridized carbons (Fsp3) is 0. The molecule has 128 valence electrons. The van der Waals surface area contributed by atoms with Gasteiger partial charge in [-0.05, 0) is 12.1 Å². The van der Waals surface area contributed by atoms with E-state index in [4.69, 9.17) is 12.2 Å². The number of hydrogen-bond donors (Lipinski definition) is 0. The summed E-state index contributed by atoms with van der Waals surface area (Å²) in [5, 5.41) is 8.89. The maximum Gasteiger partial charge on any atom is 0.120 e. The molecule has 0 saturated heterocycles. The minimum Gasteiger partial charge on any atom is -0.305 e. The second-order valence-electron chi connectivity index (χ2n) is 7.75. The molecule has 0 amide bonds. The van der Waals surface area contributed by atoms with Crippen molar-refractivity contribution in [1.82, 2.24) is 8.80 Å². The topological polar surface area (TPSA) is 8.82 Å². The maximum absolute atomic E-state index is 6.12. The molecule has 3 heteroatoms. The zero-order valence-corrected chi connectivity index (χ0v) is 15.5. The Morgan fingerprint density at radius 2 is 0.929 bits per heavy atom. The molecule has 4 aromatic carbocycles. The van der Waals surface area contributed by atoms with Crippen molar-refractivity contribution in [2.45, 2.75) is 0 Å². The Morgan fingerprint density at radius 3 is 1.68 bits per heavy atom. The van der Waals surface area contributed by atoms with Crippen LogP contribution in [0.2, 0.25) is 0 Å². The van der Waals surface area contributed by atoms with Gasteiger partial charge in [0.25, 0.3) is 0 Å². The molecule has 0 aliphatic carbocycles. The molecular formula is C25H12N2S. The van der Waals surface area contributed by atoms with Gasteiger partial charge in [-0.3, -0.25) is 4.40 Å². The van der Waals surface area contributed by atoms with Crippen molar-refractivity contribution in [3.8, 4) is 0 Å². The molecule has 4 aromatic heterocycles. The van der Waals surface area contributed by atoms with Crippen LogP contribution in [0.25, 0.3) is 65.3 Å². The predicted molar refractivity (Wildman–Crippen MR) is 120 cm³/mol. The molecule has 8 aromatic rings. The lowest BCUT2D eigenvalue weighted by Crippen LogP contribution is -1.84. The molecule has 0 aliphatic rings. The number of rotatable bonds is 0. The Hall–Kier alpha value is -3.43. The molecule has 0 bridgehead atoms. The maximum atomic E-state index is 6.12. The molecule has 0 unspecified atom stereocenters. The van der Waals surface area contributed by atoms with Crippen LogP contribution in [-0.2, 0) is 0 Å². The van der Waals surface area contributed by atoms with E-state index in [1.807, 2.05) is 0 Å². The number of aromatic nitrogens is 2. The average molecular weight is 372 g/mol. The van der Waals surface area contributed by atoms with Crippen molar-refractivity contribution in [3.05, 3.63) is 77.4 Å². The van der Waals surface area contributed by atoms with Crippen LogP contribution in [0.4, 0.5) is 0 Å². The highest BCUT2D eigenvalue weighted by Crippen LogP contribution is 2.45. The van der Waals surface area contributed by atoms with Crippen LogP contribution >= 0.6 is 12.2 Å². The number of benzene rings is 4. The summed E-state index contributed by atoms with van der Waals surface area (Å²) < 4.78 is 5.67. The standard InChI is InChI=1S/C25H12N2S/c28-25-19-9-4-8-15-14-6-3-7-16-18-12-11-17-13-5-1-2-10-20(13)26(25)23(17)24(18)27(21(14)16)22(15)19/h1-12H. The molecule has 28 heavy (non-hydrogen) atoms. The van der Waals surface area contributed by atoms with Gasteiger partial charge in [0.15, 0.2) is 0 Å². The van der Waals surface area contributed by atoms with Crippen LogP contribution in [-0.4, -0.2) is 8.80 Å². The summed E-state index contributed by atoms with van der Waals surface area (Å²) in [5.74, 6) is 0. The Kier molecular flexibility index (Phi) is 2.05. The van der Waals surface area contributed by atoms with E-state index in [-0.39, 0.29) is 0 Å². The lowest BCUT2D eigenvalue weighted by molar-refractivity contribution is 1.27. The normalized spacial score (nSPS) is 13.1. The minimum absolute atomic E-state index is 0.889. The summed E-state index contributed by atoms with van der Waals surface area (Å²) >= 11 is 6.12. The van der Waals surface area contributed by atoms with Crippen molar-refractivity contribution in [2.75, 3.05) is 0 Å². The van der Waals surface area contributed by atoms with Crippen molar-refractivity contribution in [3.63, 3.8) is 0 Å². The van der Waals surface area contributed by atoms with Gasteiger partial charge in [-0.2, -0.15) is 0 Å². The number of para-hydroxylation sites is 3. The van der Waals surface area contributed by atoms with E-state index in [1.165, 1.54) is 59.9 Å². The predicted octanol–water partition coefficient (Wildman–Crippen LogP) is 7.00. The number of fused-ring (bicyclic) bond motifs is 5. The number of hydrogen-bond acceptors (Lipinski definition) is 1. The zero-order valence-electron chi connectivity index (χ0n) is 14.7. The zero-order chi connectivity index (χ0) is 18.1. The van der Waals surface area contributed by atoms with E-state index in [2.05, 4.69) is 81.6 Å². The highest BCUT2D eigenvalue weighted by Gasteiger charge is 2.24. The first-order valence-electron chi connectivity index (χ1n) is 9.52. The van der Waals surface area contributed by atoms with Crippen LogP contribution in [0.1, 0.15) is 0 Å². The summed E-state index contributed by atoms with van der Waals surface area (Å²) in [6.45, 7) is 0. The van der Waals surface area contributed by atoms with Gasteiger partial charge < -0.3 is 4.40 Å². The molecule has 0 saturated carbocycles. The van der Waals surface area contributed by atoms with Gasteiger partial charge in [0.1, 0.15) is 4.64 Å². The third kappa shape index (κ3) is 1.23. The van der Waals surface area contributed by atoms with Gasteiger partial charge in [0, 0.05) is 37.7 Å². The van der Waals surface area contributed by atoms with Gasteiger partial charge in [-0.15, -0.1) is 0 Å². The van der Waals surface area contributed by atoms with Crippen molar-refractivity contribution in [2.24, 2.45) is 0 Å². The van der Waals surface area contributed by atoms with Gasteiger partial charge in [-0.1, -0.05) is 72.9 Å². The fourth-order valence-electron chi connectivity index (χ4n) is 5.54. The molecule has 0 fully saturated rings. The largest absolute Gasteiger partial charge is 0.305 e. The van der Waals surface area contributed by atoms with E-state index in [0.29, 0.717) is 0 Å². The van der Waals surface area contributed by atoms with Crippen LogP contribution in [0.5, 0.6) is 0 Å². The average Bonchev–Trinajstić information content (AvgIpc) is 3.34. The van der Waals surface area contributed by atoms with Crippen LogP contribution in [0.3, 0.4) is 0 Å². The third-order valence-electron chi connectivity index (χ3n) is 6.57. The van der Waals surface area contributed by atoms with Gasteiger partial charge >= 0.3 is 0 Å². The van der Waals surface area contributed by atoms with E-state index in [1.54, 1.807) is 0 Å². The monoisotopic (exact) mass is 372 g/mol. The summed E-state index contributed by atoms with van der Waals surface area (Å²) in [6.07, 6.45) is 0. The van der Waals surface area contributed by atoms with Gasteiger partial charge in [0.2, 0.25) is 0 Å². The van der Waals surface area contributed by atoms with Gasteiger partial charge in [-0.25, -0.2) is 0 Å².